The zero-order chi connectivity index (χ0) is 25.8. The predicted molar refractivity (Wildman–Crippen MR) is 145 cm³/mol. The lowest BCUT2D eigenvalue weighted by molar-refractivity contribution is 0.143. The minimum Gasteiger partial charge on any atom is -0.382 e. The molecule has 4 aromatic rings. The van der Waals surface area contributed by atoms with Gasteiger partial charge in [0.05, 0.1) is 29.7 Å². The lowest BCUT2D eigenvalue weighted by Crippen LogP contribution is -2.42. The Kier molecular flexibility index (Phi) is 7.42. The van der Waals surface area contributed by atoms with Crippen LogP contribution in [0.15, 0.2) is 72.9 Å². The van der Waals surface area contributed by atoms with E-state index in [2.05, 4.69) is 78.5 Å². The molecule has 0 bridgehead atoms. The molecule has 2 aromatic carbocycles. The number of aryl methyl sites for hydroxylation is 2. The van der Waals surface area contributed by atoms with Crippen LogP contribution in [0.3, 0.4) is 0 Å². The second-order valence-corrected chi connectivity index (χ2v) is 9.38. The molecule has 7 nitrogen and oxygen atoms in total. The molecule has 0 unspecified atom stereocenters. The third-order valence-electron chi connectivity index (χ3n) is 6.90. The number of carbonyl (C=O) groups is 1. The smallest absolute Gasteiger partial charge is 0.318 e. The molecule has 1 N–H and O–H groups in total. The van der Waals surface area contributed by atoms with Gasteiger partial charge in [-0.15, -0.1) is 0 Å². The van der Waals surface area contributed by atoms with Crippen molar-refractivity contribution in [3.8, 4) is 11.5 Å². The monoisotopic (exact) mass is 497 g/mol. The third-order valence-corrected chi connectivity index (χ3v) is 6.90. The summed E-state index contributed by atoms with van der Waals surface area (Å²) in [6.45, 7) is 8.52. The van der Waals surface area contributed by atoms with Crippen molar-refractivity contribution in [2.45, 2.75) is 46.2 Å². The number of hydrogen-bond acceptors (Lipinski definition) is 3. The summed E-state index contributed by atoms with van der Waals surface area (Å²) in [5, 5.41) is 8.17. The van der Waals surface area contributed by atoms with Crippen molar-refractivity contribution in [2.75, 3.05) is 19.8 Å². The molecule has 0 fully saturated rings. The van der Waals surface area contributed by atoms with Gasteiger partial charge in [0, 0.05) is 31.5 Å². The molecule has 192 valence electrons. The third kappa shape index (κ3) is 4.91. The SMILES string of the molecule is CCOCCCNC(=O)N1Cc2c(CC)nn(-c3ccccc3)c2-n2cccc2[C@@H]1c1ccc(C)cc1. The molecular weight excluding hydrogens is 462 g/mol. The highest BCUT2D eigenvalue weighted by Gasteiger charge is 2.36. The van der Waals surface area contributed by atoms with Gasteiger partial charge in [-0.1, -0.05) is 55.0 Å². The van der Waals surface area contributed by atoms with Gasteiger partial charge < -0.3 is 19.5 Å². The highest BCUT2D eigenvalue weighted by Crippen LogP contribution is 2.38. The van der Waals surface area contributed by atoms with Crippen LogP contribution in [0.25, 0.3) is 11.5 Å². The number of amides is 2. The lowest BCUT2D eigenvalue weighted by atomic mass is 10.0. The zero-order valence-corrected chi connectivity index (χ0v) is 21.9. The molecule has 1 atom stereocenters. The standard InChI is InChI=1S/C30H35N5O2/c1-4-26-25-21-34(30(36)31-18-10-20-37-5-2)28(23-16-14-22(3)15-17-23)27-13-9-19-33(27)29(25)35(32-26)24-11-7-6-8-12-24/h6-9,11-17,19,28H,4-5,10,18,20-21H2,1-3H3,(H,31,36)/t28-/m0/s1. The van der Waals surface area contributed by atoms with E-state index >= 15 is 0 Å². The van der Waals surface area contributed by atoms with E-state index in [1.807, 2.05) is 34.7 Å². The second-order valence-electron chi connectivity index (χ2n) is 9.38. The fraction of sp³-hybridized carbons (Fsp3) is 0.333. The largest absolute Gasteiger partial charge is 0.382 e. The van der Waals surface area contributed by atoms with E-state index in [-0.39, 0.29) is 12.1 Å². The quantitative estimate of drug-likeness (QED) is 0.324. The zero-order valence-electron chi connectivity index (χ0n) is 21.9. The van der Waals surface area contributed by atoms with Crippen LogP contribution in [0.5, 0.6) is 0 Å². The van der Waals surface area contributed by atoms with Crippen molar-refractivity contribution in [1.29, 1.82) is 0 Å². The first kappa shape index (κ1) is 24.8. The molecule has 3 heterocycles. The van der Waals surface area contributed by atoms with Gasteiger partial charge in [-0.25, -0.2) is 9.48 Å². The summed E-state index contributed by atoms with van der Waals surface area (Å²) in [6.07, 6.45) is 3.63. The molecule has 0 spiro atoms. The Hall–Kier alpha value is -3.84. The maximum atomic E-state index is 13.8. The summed E-state index contributed by atoms with van der Waals surface area (Å²) in [6, 6.07) is 22.5. The van der Waals surface area contributed by atoms with Gasteiger partial charge >= 0.3 is 6.03 Å². The van der Waals surface area contributed by atoms with Crippen LogP contribution in [0.2, 0.25) is 0 Å². The molecule has 7 heteroatoms. The Balaban J connectivity index is 1.63. The number of hydrogen-bond donors (Lipinski definition) is 1. The fourth-order valence-corrected chi connectivity index (χ4v) is 5.06. The van der Waals surface area contributed by atoms with E-state index in [9.17, 15) is 4.79 Å². The number of benzene rings is 2. The normalized spacial score (nSPS) is 14.7. The molecule has 0 aliphatic carbocycles. The highest BCUT2D eigenvalue weighted by atomic mass is 16.5. The van der Waals surface area contributed by atoms with Crippen molar-refractivity contribution in [1.82, 2.24) is 24.6 Å². The van der Waals surface area contributed by atoms with Crippen molar-refractivity contribution in [3.05, 3.63) is 101 Å². The van der Waals surface area contributed by atoms with Gasteiger partial charge in [-0.2, -0.15) is 5.10 Å². The summed E-state index contributed by atoms with van der Waals surface area (Å²) in [4.78, 5) is 15.7. The number of aromatic nitrogens is 3. The highest BCUT2D eigenvalue weighted by molar-refractivity contribution is 5.76. The van der Waals surface area contributed by atoms with Crippen LogP contribution < -0.4 is 5.32 Å². The maximum absolute atomic E-state index is 13.8. The second kappa shape index (κ2) is 11.0. The number of urea groups is 1. The van der Waals surface area contributed by atoms with Crippen LogP contribution in [0, 0.1) is 6.92 Å². The first-order valence-corrected chi connectivity index (χ1v) is 13.1. The molecule has 5 rings (SSSR count). The number of fused-ring (bicyclic) bond motifs is 3. The summed E-state index contributed by atoms with van der Waals surface area (Å²) in [5.41, 5.74) is 6.37. The Morgan fingerprint density at radius 2 is 1.84 bits per heavy atom. The van der Waals surface area contributed by atoms with Gasteiger partial charge in [0.25, 0.3) is 0 Å². The van der Waals surface area contributed by atoms with Crippen LogP contribution >= 0.6 is 0 Å². The Morgan fingerprint density at radius 1 is 1.05 bits per heavy atom. The average molecular weight is 498 g/mol. The van der Waals surface area contributed by atoms with E-state index in [0.29, 0.717) is 26.3 Å². The molecule has 2 aromatic heterocycles. The summed E-state index contributed by atoms with van der Waals surface area (Å²) < 4.78 is 9.69. The van der Waals surface area contributed by atoms with Crippen molar-refractivity contribution in [3.63, 3.8) is 0 Å². The number of nitrogens with zero attached hydrogens (tertiary/aromatic N) is 4. The first-order valence-electron chi connectivity index (χ1n) is 13.1. The van der Waals surface area contributed by atoms with Crippen LogP contribution in [-0.2, 0) is 17.7 Å². The minimum atomic E-state index is -0.246. The average Bonchev–Trinajstić information content (AvgIpc) is 3.51. The van der Waals surface area contributed by atoms with E-state index in [1.54, 1.807) is 0 Å². The Morgan fingerprint density at radius 3 is 2.57 bits per heavy atom. The van der Waals surface area contributed by atoms with Crippen LogP contribution in [0.1, 0.15) is 54.4 Å². The van der Waals surface area contributed by atoms with Gasteiger partial charge in [0.15, 0.2) is 0 Å². The number of ether oxygens (including phenoxy) is 1. The van der Waals surface area contributed by atoms with Crippen molar-refractivity contribution < 1.29 is 9.53 Å². The van der Waals surface area contributed by atoms with Gasteiger partial charge in [-0.05, 0) is 56.5 Å². The molecule has 1 aliphatic heterocycles. The molecule has 1 aliphatic rings. The topological polar surface area (TPSA) is 64.3 Å². The molecule has 0 saturated carbocycles. The first-order chi connectivity index (χ1) is 18.1. The maximum Gasteiger partial charge on any atom is 0.318 e. The van der Waals surface area contributed by atoms with Gasteiger partial charge in [0.2, 0.25) is 0 Å². The molecular formula is C30H35N5O2. The van der Waals surface area contributed by atoms with Crippen LogP contribution in [0.4, 0.5) is 4.79 Å². The number of rotatable bonds is 8. The van der Waals surface area contributed by atoms with E-state index in [4.69, 9.17) is 9.84 Å². The van der Waals surface area contributed by atoms with Gasteiger partial charge in [-0.3, -0.25) is 0 Å². The van der Waals surface area contributed by atoms with E-state index in [1.165, 1.54) is 5.56 Å². The fourth-order valence-electron chi connectivity index (χ4n) is 5.06. The molecule has 2 amide bonds. The van der Waals surface area contributed by atoms with Crippen molar-refractivity contribution in [2.24, 2.45) is 0 Å². The number of para-hydroxylation sites is 1. The van der Waals surface area contributed by atoms with Crippen LogP contribution in [-0.4, -0.2) is 45.0 Å². The molecule has 0 saturated heterocycles. The number of nitrogens with one attached hydrogen (secondary N) is 1. The Labute approximate surface area is 218 Å². The summed E-state index contributed by atoms with van der Waals surface area (Å²) in [5.74, 6) is 0.992. The van der Waals surface area contributed by atoms with Gasteiger partial charge in [0.1, 0.15) is 5.82 Å². The summed E-state index contributed by atoms with van der Waals surface area (Å²) in [7, 11) is 0. The van der Waals surface area contributed by atoms with E-state index < -0.39 is 0 Å². The Bertz CT molecular complexity index is 1340. The number of carbonyl (C=O) groups excluding carboxylic acids is 1. The minimum absolute atomic E-state index is 0.0859. The lowest BCUT2D eigenvalue weighted by Gasteiger charge is -2.31. The molecule has 0 radical (unpaired) electrons. The van der Waals surface area contributed by atoms with Crippen molar-refractivity contribution >= 4 is 6.03 Å². The predicted octanol–water partition coefficient (Wildman–Crippen LogP) is 5.58. The summed E-state index contributed by atoms with van der Waals surface area (Å²) >= 11 is 0. The van der Waals surface area contributed by atoms with E-state index in [0.717, 1.165) is 46.9 Å². The molecule has 37 heavy (non-hydrogen) atoms.